The summed E-state index contributed by atoms with van der Waals surface area (Å²) in [6.07, 6.45) is 5.72. The van der Waals surface area contributed by atoms with Gasteiger partial charge in [0.2, 0.25) is 0 Å². The largest absolute Gasteiger partial charge is 0.495 e. The van der Waals surface area contributed by atoms with Crippen molar-refractivity contribution in [1.82, 2.24) is 0 Å². The van der Waals surface area contributed by atoms with E-state index < -0.39 is 0 Å². The van der Waals surface area contributed by atoms with Crippen LogP contribution in [-0.4, -0.2) is 7.11 Å². The molecule has 0 bridgehead atoms. The van der Waals surface area contributed by atoms with Crippen molar-refractivity contribution in [2.75, 3.05) is 12.4 Å². The molecule has 2 nitrogen and oxygen atoms in total. The number of fused-ring (bicyclic) bond motifs is 3. The number of hydrogen-bond donors (Lipinski definition) is 1. The van der Waals surface area contributed by atoms with Gasteiger partial charge in [0.1, 0.15) is 5.75 Å². The molecule has 0 saturated carbocycles. The van der Waals surface area contributed by atoms with Crippen molar-refractivity contribution in [3.63, 3.8) is 0 Å². The fourth-order valence-electron chi connectivity index (χ4n) is 4.08. The molecule has 3 heteroatoms. The van der Waals surface area contributed by atoms with Crippen molar-refractivity contribution in [2.45, 2.75) is 25.3 Å². The third-order valence-corrected chi connectivity index (χ3v) is 5.50. The number of anilines is 1. The zero-order chi connectivity index (χ0) is 16.0. The Hall–Kier alpha value is -1.93. The third kappa shape index (κ3) is 2.24. The lowest BCUT2D eigenvalue weighted by molar-refractivity contribution is 0.396. The molecule has 0 saturated heterocycles. The van der Waals surface area contributed by atoms with Crippen molar-refractivity contribution in [3.05, 3.63) is 70.3 Å². The Morgan fingerprint density at radius 3 is 2.78 bits per heavy atom. The lowest BCUT2D eigenvalue weighted by Crippen LogP contribution is -2.30. The summed E-state index contributed by atoms with van der Waals surface area (Å²) in [6.45, 7) is 2.18. The van der Waals surface area contributed by atoms with Crippen LogP contribution in [0.3, 0.4) is 0 Å². The minimum Gasteiger partial charge on any atom is -0.495 e. The number of nitrogens with one attached hydrogen (secondary N) is 1. The van der Waals surface area contributed by atoms with E-state index in [0.717, 1.165) is 22.9 Å². The second kappa shape index (κ2) is 5.61. The fraction of sp³-hybridized carbons (Fsp3) is 0.300. The first-order chi connectivity index (χ1) is 11.2. The van der Waals surface area contributed by atoms with Crippen LogP contribution in [0.2, 0.25) is 5.02 Å². The van der Waals surface area contributed by atoms with E-state index in [1.807, 2.05) is 18.2 Å². The Morgan fingerprint density at radius 2 is 2.00 bits per heavy atom. The zero-order valence-corrected chi connectivity index (χ0v) is 14.1. The lowest BCUT2D eigenvalue weighted by Gasteiger charge is -2.39. The monoisotopic (exact) mass is 325 g/mol. The lowest BCUT2D eigenvalue weighted by atomic mass is 9.75. The summed E-state index contributed by atoms with van der Waals surface area (Å²) in [4.78, 5) is 0. The maximum absolute atomic E-state index is 6.49. The average Bonchev–Trinajstić information content (AvgIpc) is 3.04. The maximum Gasteiger partial charge on any atom is 0.142 e. The van der Waals surface area contributed by atoms with E-state index in [-0.39, 0.29) is 6.04 Å². The van der Waals surface area contributed by atoms with Gasteiger partial charge in [-0.15, -0.1) is 0 Å². The van der Waals surface area contributed by atoms with Gasteiger partial charge in [-0.1, -0.05) is 48.0 Å². The molecule has 2 aromatic rings. The van der Waals surface area contributed by atoms with Gasteiger partial charge in [0.15, 0.2) is 0 Å². The molecular weight excluding hydrogens is 306 g/mol. The van der Waals surface area contributed by atoms with Crippen LogP contribution in [0.5, 0.6) is 5.75 Å². The normalized spacial score (nSPS) is 24.7. The number of aryl methyl sites for hydroxylation is 1. The first kappa shape index (κ1) is 14.6. The molecule has 0 spiro atoms. The van der Waals surface area contributed by atoms with Crippen LogP contribution < -0.4 is 10.1 Å². The summed E-state index contributed by atoms with van der Waals surface area (Å²) < 4.78 is 5.61. The highest BCUT2D eigenvalue weighted by Gasteiger charge is 2.40. The number of rotatable bonds is 2. The molecule has 2 aliphatic rings. The van der Waals surface area contributed by atoms with E-state index in [1.165, 1.54) is 16.7 Å². The van der Waals surface area contributed by atoms with Gasteiger partial charge in [-0.05, 0) is 48.1 Å². The second-order valence-electron chi connectivity index (χ2n) is 6.37. The van der Waals surface area contributed by atoms with Gasteiger partial charge in [0, 0.05) is 10.9 Å². The number of benzene rings is 2. The summed E-state index contributed by atoms with van der Waals surface area (Å²) in [5.41, 5.74) is 4.96. The number of halogens is 1. The van der Waals surface area contributed by atoms with Crippen molar-refractivity contribution in [3.8, 4) is 5.75 Å². The van der Waals surface area contributed by atoms with Gasteiger partial charge in [-0.2, -0.15) is 0 Å². The Morgan fingerprint density at radius 1 is 1.17 bits per heavy atom. The van der Waals surface area contributed by atoms with Crippen molar-refractivity contribution >= 4 is 17.3 Å². The predicted molar refractivity (Wildman–Crippen MR) is 95.5 cm³/mol. The zero-order valence-electron chi connectivity index (χ0n) is 13.3. The molecule has 1 aliphatic heterocycles. The van der Waals surface area contributed by atoms with Crippen LogP contribution in [0, 0.1) is 12.8 Å². The Bertz CT molecular complexity index is 783. The highest BCUT2D eigenvalue weighted by atomic mass is 35.5. The molecule has 1 heterocycles. The molecule has 23 heavy (non-hydrogen) atoms. The molecule has 4 rings (SSSR count). The minimum absolute atomic E-state index is 0.201. The van der Waals surface area contributed by atoms with Crippen LogP contribution >= 0.6 is 11.6 Å². The first-order valence-corrected chi connectivity index (χ1v) is 8.43. The predicted octanol–water partition coefficient (Wildman–Crippen LogP) is 5.48. The Balaban J connectivity index is 1.88. The molecule has 0 aromatic heterocycles. The molecular formula is C20H20ClNO. The second-order valence-corrected chi connectivity index (χ2v) is 6.78. The average molecular weight is 326 g/mol. The topological polar surface area (TPSA) is 21.3 Å². The summed E-state index contributed by atoms with van der Waals surface area (Å²) in [5.74, 6) is 1.82. The third-order valence-electron chi connectivity index (χ3n) is 5.16. The quantitative estimate of drug-likeness (QED) is 0.738. The molecule has 2 aromatic carbocycles. The Kier molecular flexibility index (Phi) is 3.57. The smallest absolute Gasteiger partial charge is 0.142 e. The SMILES string of the molecule is COc1ccc(C)c2c1N[C@H](c1ccccc1Cl)[C@@H]1CC=C[C@@H]21. The van der Waals surface area contributed by atoms with E-state index >= 15 is 0 Å². The van der Waals surface area contributed by atoms with Crippen LogP contribution in [0.4, 0.5) is 5.69 Å². The van der Waals surface area contributed by atoms with Crippen LogP contribution in [0.15, 0.2) is 48.6 Å². The van der Waals surface area contributed by atoms with Crippen LogP contribution in [0.1, 0.15) is 35.1 Å². The van der Waals surface area contributed by atoms with Gasteiger partial charge in [-0.3, -0.25) is 0 Å². The van der Waals surface area contributed by atoms with E-state index in [4.69, 9.17) is 16.3 Å². The minimum atomic E-state index is 0.201. The molecule has 0 fully saturated rings. The molecule has 0 radical (unpaired) electrons. The van der Waals surface area contributed by atoms with Gasteiger partial charge in [0.25, 0.3) is 0 Å². The summed E-state index contributed by atoms with van der Waals surface area (Å²) >= 11 is 6.49. The number of ether oxygens (including phenoxy) is 1. The van der Waals surface area contributed by atoms with E-state index in [1.54, 1.807) is 7.11 Å². The molecule has 0 amide bonds. The molecule has 0 unspecified atom stereocenters. The van der Waals surface area contributed by atoms with Crippen molar-refractivity contribution in [1.29, 1.82) is 0 Å². The van der Waals surface area contributed by atoms with Crippen molar-refractivity contribution < 1.29 is 4.74 Å². The number of methoxy groups -OCH3 is 1. The fourth-order valence-corrected chi connectivity index (χ4v) is 4.33. The molecule has 118 valence electrons. The highest BCUT2D eigenvalue weighted by molar-refractivity contribution is 6.31. The summed E-state index contributed by atoms with van der Waals surface area (Å²) in [7, 11) is 1.73. The van der Waals surface area contributed by atoms with E-state index in [0.29, 0.717) is 11.8 Å². The van der Waals surface area contributed by atoms with Gasteiger partial charge < -0.3 is 10.1 Å². The van der Waals surface area contributed by atoms with E-state index in [2.05, 4.69) is 42.6 Å². The van der Waals surface area contributed by atoms with E-state index in [9.17, 15) is 0 Å². The Labute approximate surface area is 142 Å². The first-order valence-electron chi connectivity index (χ1n) is 8.06. The summed E-state index contributed by atoms with van der Waals surface area (Å²) in [6, 6.07) is 12.5. The highest BCUT2D eigenvalue weighted by Crippen LogP contribution is 2.53. The number of allylic oxidation sites excluding steroid dienone is 2. The molecule has 3 atom stereocenters. The standard InChI is InChI=1S/C20H20ClNO/c1-12-10-11-17(23-2)20-18(12)13-7-5-8-14(13)19(22-20)15-6-3-4-9-16(15)21/h3-7,9-11,13-14,19,22H,8H2,1-2H3/t13-,14-,19+/m1/s1. The molecule has 1 N–H and O–H groups in total. The maximum atomic E-state index is 6.49. The van der Waals surface area contributed by atoms with Gasteiger partial charge >= 0.3 is 0 Å². The van der Waals surface area contributed by atoms with Gasteiger partial charge in [-0.25, -0.2) is 0 Å². The van der Waals surface area contributed by atoms with Crippen molar-refractivity contribution in [2.24, 2.45) is 5.92 Å². The summed E-state index contributed by atoms with van der Waals surface area (Å²) in [5, 5.41) is 4.56. The number of hydrogen-bond acceptors (Lipinski definition) is 2. The van der Waals surface area contributed by atoms with Crippen LogP contribution in [-0.2, 0) is 0 Å². The van der Waals surface area contributed by atoms with Crippen LogP contribution in [0.25, 0.3) is 0 Å². The molecule has 1 aliphatic carbocycles. The van der Waals surface area contributed by atoms with Gasteiger partial charge in [0.05, 0.1) is 18.8 Å².